The molecular weight excluding hydrogens is 312 g/mol. The Morgan fingerprint density at radius 3 is 2.72 bits per heavy atom. The van der Waals surface area contributed by atoms with Crippen LogP contribution in [0.3, 0.4) is 0 Å². The van der Waals surface area contributed by atoms with Gasteiger partial charge in [0, 0.05) is 11.5 Å². The van der Waals surface area contributed by atoms with Crippen LogP contribution in [0.25, 0.3) is 22.2 Å². The highest BCUT2D eigenvalue weighted by Gasteiger charge is 2.23. The zero-order chi connectivity index (χ0) is 17.1. The Hall–Kier alpha value is -2.36. The first-order valence-electron chi connectivity index (χ1n) is 9.34. The summed E-state index contributed by atoms with van der Waals surface area (Å²) in [5.74, 6) is 2.86. The summed E-state index contributed by atoms with van der Waals surface area (Å²) < 4.78 is 11.3. The van der Waals surface area contributed by atoms with E-state index < -0.39 is 0 Å². The molecule has 4 rings (SSSR count). The molecule has 0 bridgehead atoms. The molecule has 0 saturated heterocycles. The Kier molecular flexibility index (Phi) is 4.68. The molecule has 0 atom stereocenters. The first kappa shape index (κ1) is 16.1. The molecule has 1 aliphatic rings. The van der Waals surface area contributed by atoms with Crippen LogP contribution in [0, 0.1) is 0 Å². The van der Waals surface area contributed by atoms with Crippen LogP contribution in [0.2, 0.25) is 0 Å². The fraction of sp³-hybridized carbons (Fsp3) is 0.429. The minimum absolute atomic E-state index is 0.449. The lowest BCUT2D eigenvalue weighted by Gasteiger charge is -2.07. The molecule has 1 heterocycles. The molecule has 25 heavy (non-hydrogen) atoms. The first-order valence-corrected chi connectivity index (χ1v) is 9.34. The second-order valence-electron chi connectivity index (χ2n) is 6.86. The molecule has 1 aromatic heterocycles. The van der Waals surface area contributed by atoms with Crippen LogP contribution in [-0.2, 0) is 0 Å². The average Bonchev–Trinajstić information content (AvgIpc) is 3.33. The predicted molar refractivity (Wildman–Crippen MR) is 98.9 cm³/mol. The topological polar surface area (TPSA) is 48.2 Å². The van der Waals surface area contributed by atoms with Crippen molar-refractivity contribution < 1.29 is 9.26 Å². The number of fused-ring (bicyclic) bond motifs is 1. The molecule has 1 fully saturated rings. The number of unbranched alkanes of at least 4 members (excludes halogenated alkanes) is 1. The van der Waals surface area contributed by atoms with E-state index in [1.54, 1.807) is 0 Å². The fourth-order valence-electron chi connectivity index (χ4n) is 3.48. The summed E-state index contributed by atoms with van der Waals surface area (Å²) in [7, 11) is 0. The van der Waals surface area contributed by atoms with E-state index in [0.29, 0.717) is 11.7 Å². The molecular formula is C21H24N2O2. The molecule has 1 aliphatic carbocycles. The lowest BCUT2D eigenvalue weighted by molar-refractivity contribution is 0.310. The Balaban J connectivity index is 1.55. The van der Waals surface area contributed by atoms with Gasteiger partial charge in [0.15, 0.2) is 0 Å². The Morgan fingerprint density at radius 1 is 1.08 bits per heavy atom. The quantitative estimate of drug-likeness (QED) is 0.540. The van der Waals surface area contributed by atoms with Crippen molar-refractivity contribution in [3.05, 3.63) is 42.3 Å². The van der Waals surface area contributed by atoms with Gasteiger partial charge in [-0.1, -0.05) is 49.5 Å². The third-order valence-electron chi connectivity index (χ3n) is 4.98. The zero-order valence-electron chi connectivity index (χ0n) is 14.7. The molecule has 0 unspecified atom stereocenters. The molecule has 0 aliphatic heterocycles. The standard InChI is InChI=1S/C21H24N2O2/c1-2-3-12-24-19-11-10-16-13-18(9-8-17(16)14-19)20-22-21(25-23-20)15-6-4-5-7-15/h8-11,13-15H,2-7,12H2,1H3. The van der Waals surface area contributed by atoms with Gasteiger partial charge in [-0.05, 0) is 48.2 Å². The molecule has 2 aromatic carbocycles. The SMILES string of the molecule is CCCCOc1ccc2cc(-c3noc(C4CCCC4)n3)ccc2c1. The molecule has 130 valence electrons. The molecule has 4 nitrogen and oxygen atoms in total. The van der Waals surface area contributed by atoms with Gasteiger partial charge in [0.1, 0.15) is 5.75 Å². The third kappa shape index (κ3) is 3.53. The van der Waals surface area contributed by atoms with E-state index in [4.69, 9.17) is 9.26 Å². The highest BCUT2D eigenvalue weighted by atomic mass is 16.5. The van der Waals surface area contributed by atoms with Gasteiger partial charge in [-0.25, -0.2) is 0 Å². The van der Waals surface area contributed by atoms with E-state index in [9.17, 15) is 0 Å². The number of aromatic nitrogens is 2. The summed E-state index contributed by atoms with van der Waals surface area (Å²) in [6, 6.07) is 12.5. The maximum atomic E-state index is 5.79. The highest BCUT2D eigenvalue weighted by molar-refractivity contribution is 5.87. The van der Waals surface area contributed by atoms with Gasteiger partial charge in [-0.15, -0.1) is 0 Å². The largest absolute Gasteiger partial charge is 0.494 e. The summed E-state index contributed by atoms with van der Waals surface area (Å²) >= 11 is 0. The summed E-state index contributed by atoms with van der Waals surface area (Å²) in [5.41, 5.74) is 1.00. The summed E-state index contributed by atoms with van der Waals surface area (Å²) in [4.78, 5) is 4.63. The highest BCUT2D eigenvalue weighted by Crippen LogP contribution is 2.34. The molecule has 0 spiro atoms. The predicted octanol–water partition coefficient (Wildman–Crippen LogP) is 5.73. The lowest BCUT2D eigenvalue weighted by atomic mass is 10.1. The fourth-order valence-corrected chi connectivity index (χ4v) is 3.48. The third-order valence-corrected chi connectivity index (χ3v) is 4.98. The van der Waals surface area contributed by atoms with Crippen molar-refractivity contribution in [2.75, 3.05) is 6.61 Å². The minimum atomic E-state index is 0.449. The zero-order valence-corrected chi connectivity index (χ0v) is 14.7. The van der Waals surface area contributed by atoms with Crippen LogP contribution in [0.1, 0.15) is 57.3 Å². The molecule has 0 radical (unpaired) electrons. The van der Waals surface area contributed by atoms with Gasteiger partial charge < -0.3 is 9.26 Å². The number of rotatable bonds is 6. The normalized spacial score (nSPS) is 15.1. The summed E-state index contributed by atoms with van der Waals surface area (Å²) in [6.07, 6.45) is 7.09. The number of hydrogen-bond acceptors (Lipinski definition) is 4. The van der Waals surface area contributed by atoms with Gasteiger partial charge in [-0.2, -0.15) is 4.98 Å². The van der Waals surface area contributed by atoms with Crippen LogP contribution in [0.15, 0.2) is 40.9 Å². The van der Waals surface area contributed by atoms with E-state index in [1.165, 1.54) is 25.7 Å². The van der Waals surface area contributed by atoms with Crippen molar-refractivity contribution in [2.45, 2.75) is 51.4 Å². The maximum Gasteiger partial charge on any atom is 0.230 e. The Morgan fingerprint density at radius 2 is 1.88 bits per heavy atom. The van der Waals surface area contributed by atoms with Crippen molar-refractivity contribution in [3.63, 3.8) is 0 Å². The van der Waals surface area contributed by atoms with Crippen LogP contribution < -0.4 is 4.74 Å². The van der Waals surface area contributed by atoms with E-state index >= 15 is 0 Å². The molecule has 0 N–H and O–H groups in total. The van der Waals surface area contributed by atoms with E-state index in [2.05, 4.69) is 47.4 Å². The van der Waals surface area contributed by atoms with Gasteiger partial charge in [0.2, 0.25) is 11.7 Å². The van der Waals surface area contributed by atoms with Gasteiger partial charge in [-0.3, -0.25) is 0 Å². The maximum absolute atomic E-state index is 5.79. The van der Waals surface area contributed by atoms with Crippen molar-refractivity contribution >= 4 is 10.8 Å². The van der Waals surface area contributed by atoms with E-state index in [0.717, 1.165) is 47.4 Å². The molecule has 1 saturated carbocycles. The van der Waals surface area contributed by atoms with Crippen LogP contribution in [0.5, 0.6) is 5.75 Å². The summed E-state index contributed by atoms with van der Waals surface area (Å²) in [6.45, 7) is 2.94. The number of nitrogens with zero attached hydrogens (tertiary/aromatic N) is 2. The first-order chi connectivity index (χ1) is 12.3. The van der Waals surface area contributed by atoms with Crippen molar-refractivity contribution in [3.8, 4) is 17.1 Å². The minimum Gasteiger partial charge on any atom is -0.494 e. The van der Waals surface area contributed by atoms with E-state index in [-0.39, 0.29) is 0 Å². The number of benzene rings is 2. The van der Waals surface area contributed by atoms with Gasteiger partial charge in [0.25, 0.3) is 0 Å². The monoisotopic (exact) mass is 336 g/mol. The average molecular weight is 336 g/mol. The molecule has 0 amide bonds. The molecule has 3 aromatic rings. The van der Waals surface area contributed by atoms with Crippen LogP contribution in [0.4, 0.5) is 0 Å². The van der Waals surface area contributed by atoms with Gasteiger partial charge >= 0.3 is 0 Å². The lowest BCUT2D eigenvalue weighted by Crippen LogP contribution is -1.96. The van der Waals surface area contributed by atoms with Crippen LogP contribution >= 0.6 is 0 Å². The Labute approximate surface area is 148 Å². The second-order valence-corrected chi connectivity index (χ2v) is 6.86. The Bertz CT molecular complexity index is 850. The second kappa shape index (κ2) is 7.26. The molecule has 4 heteroatoms. The number of hydrogen-bond donors (Lipinski definition) is 0. The van der Waals surface area contributed by atoms with Crippen LogP contribution in [-0.4, -0.2) is 16.7 Å². The number of ether oxygens (including phenoxy) is 1. The van der Waals surface area contributed by atoms with Crippen molar-refractivity contribution in [1.82, 2.24) is 10.1 Å². The smallest absolute Gasteiger partial charge is 0.230 e. The van der Waals surface area contributed by atoms with Crippen molar-refractivity contribution in [2.24, 2.45) is 0 Å². The van der Waals surface area contributed by atoms with E-state index in [1.807, 2.05) is 6.07 Å². The van der Waals surface area contributed by atoms with Crippen molar-refractivity contribution in [1.29, 1.82) is 0 Å². The van der Waals surface area contributed by atoms with Gasteiger partial charge in [0.05, 0.1) is 6.61 Å². The summed E-state index contributed by atoms with van der Waals surface area (Å²) in [5, 5.41) is 6.52.